The Morgan fingerprint density at radius 3 is 2.83 bits per heavy atom. The number of hydrazine groups is 1. The van der Waals surface area contributed by atoms with Gasteiger partial charge in [-0.2, -0.15) is 0 Å². The van der Waals surface area contributed by atoms with Gasteiger partial charge in [0.2, 0.25) is 0 Å². The van der Waals surface area contributed by atoms with Gasteiger partial charge < -0.3 is 0 Å². The molecule has 4 heteroatoms. The predicted octanol–water partition coefficient (Wildman–Crippen LogP) is 0.00690. The number of aromatic nitrogens is 1. The molecule has 0 atom stereocenters. The van der Waals surface area contributed by atoms with Crippen LogP contribution in [0.25, 0.3) is 9.78 Å². The number of nitrogens with two attached hydrogens (primary N) is 1. The van der Waals surface area contributed by atoms with Crippen molar-refractivity contribution < 1.29 is 4.57 Å². The number of benzene rings is 1. The van der Waals surface area contributed by atoms with Gasteiger partial charge in [-0.1, -0.05) is 0 Å². The number of aryl methyl sites for hydroxylation is 1. The van der Waals surface area contributed by atoms with Crippen LogP contribution in [-0.4, -0.2) is 14.5 Å². The quantitative estimate of drug-likeness (QED) is 0.312. The van der Waals surface area contributed by atoms with Gasteiger partial charge in [-0.25, -0.2) is 0 Å². The summed E-state index contributed by atoms with van der Waals surface area (Å²) < 4.78 is 4.61. The zero-order valence-corrected chi connectivity index (χ0v) is 8.46. The predicted molar refractivity (Wildman–Crippen MR) is 49.9 cm³/mol. The number of nitrogens with one attached hydrogen (secondary N) is 1. The van der Waals surface area contributed by atoms with Crippen LogP contribution >= 0.6 is 0 Å². The van der Waals surface area contributed by atoms with E-state index in [-0.39, 0.29) is 0 Å². The minimum absolute atomic E-state index is 0.347. The van der Waals surface area contributed by atoms with Crippen LogP contribution in [0.3, 0.4) is 0 Å². The molecule has 0 amide bonds. The molecule has 12 heavy (non-hydrogen) atoms. The third-order valence-corrected chi connectivity index (χ3v) is 4.27. The number of fused-ring (bicyclic) bond motifs is 1. The van der Waals surface area contributed by atoms with Crippen LogP contribution in [-0.2, 0) is 7.05 Å². The van der Waals surface area contributed by atoms with E-state index in [1.165, 1.54) is 9.78 Å². The van der Waals surface area contributed by atoms with Crippen molar-refractivity contribution in [3.05, 3.63) is 24.3 Å². The summed E-state index contributed by atoms with van der Waals surface area (Å²) in [5.41, 5.74) is 4.00. The normalized spacial score (nSPS) is 10.5. The molecule has 3 nitrogen and oxygen atoms in total. The number of hydrogen-bond donors (Lipinski definition) is 2. The van der Waals surface area contributed by atoms with Crippen LogP contribution in [0.1, 0.15) is 0 Å². The summed E-state index contributed by atoms with van der Waals surface area (Å²) in [7, 11) is 2.03. The Morgan fingerprint density at radius 2 is 2.17 bits per heavy atom. The van der Waals surface area contributed by atoms with E-state index in [4.69, 9.17) is 5.84 Å². The average molecular weight is 227 g/mol. The van der Waals surface area contributed by atoms with Gasteiger partial charge in [0.1, 0.15) is 0 Å². The summed E-state index contributed by atoms with van der Waals surface area (Å²) >= 11 is 0.347. The first-order valence-electron chi connectivity index (χ1n) is 3.67. The molecule has 0 radical (unpaired) electrons. The Hall–Kier alpha value is -0.831. The number of anilines is 1. The Bertz CT molecular complexity index is 408. The van der Waals surface area contributed by atoms with Gasteiger partial charge in [-0.05, 0) is 0 Å². The molecule has 1 aromatic heterocycles. The second-order valence-electron chi connectivity index (χ2n) is 2.58. The van der Waals surface area contributed by atoms with Crippen LogP contribution in [0.5, 0.6) is 0 Å². The van der Waals surface area contributed by atoms with Crippen molar-refractivity contribution >= 4 is 29.0 Å². The second-order valence-corrected chi connectivity index (χ2v) is 4.74. The van der Waals surface area contributed by atoms with Gasteiger partial charge in [-0.3, -0.25) is 0 Å². The van der Waals surface area contributed by atoms with Crippen LogP contribution in [0.2, 0.25) is 0 Å². The van der Waals surface area contributed by atoms with Gasteiger partial charge in [0, 0.05) is 0 Å². The summed E-state index contributed by atoms with van der Waals surface area (Å²) in [6.07, 6.45) is 0. The molecular weight excluding hydrogens is 217 g/mol. The summed E-state index contributed by atoms with van der Waals surface area (Å²) in [6, 6.07) is 8.37. The van der Waals surface area contributed by atoms with Crippen molar-refractivity contribution in [3.63, 3.8) is 0 Å². The van der Waals surface area contributed by atoms with Crippen molar-refractivity contribution in [1.82, 2.24) is 0 Å². The minimum atomic E-state index is 0.347. The fourth-order valence-electron chi connectivity index (χ4n) is 1.23. The van der Waals surface area contributed by atoms with Crippen LogP contribution in [0, 0.1) is 0 Å². The van der Waals surface area contributed by atoms with Crippen LogP contribution < -0.4 is 15.8 Å². The van der Waals surface area contributed by atoms with Crippen molar-refractivity contribution in [1.29, 1.82) is 0 Å². The van der Waals surface area contributed by atoms with Gasteiger partial charge in [0.15, 0.2) is 0 Å². The van der Waals surface area contributed by atoms with Crippen LogP contribution in [0.15, 0.2) is 24.3 Å². The number of para-hydroxylation sites is 1. The van der Waals surface area contributed by atoms with E-state index in [1.54, 1.807) is 0 Å². The molecule has 0 aliphatic carbocycles. The Kier molecular flexibility index (Phi) is 1.89. The summed E-state index contributed by atoms with van der Waals surface area (Å²) in [4.78, 5) is 0. The SMILES string of the molecule is C[n+]1c(NN)[se]c2ccccc21. The Balaban J connectivity index is 2.78. The fraction of sp³-hybridized carbons (Fsp3) is 0.125. The van der Waals surface area contributed by atoms with Crippen molar-refractivity contribution in [2.75, 3.05) is 5.43 Å². The van der Waals surface area contributed by atoms with E-state index in [2.05, 4.69) is 28.2 Å². The molecule has 0 aliphatic rings. The van der Waals surface area contributed by atoms with Crippen molar-refractivity contribution in [2.45, 2.75) is 0 Å². The summed E-state index contributed by atoms with van der Waals surface area (Å²) in [5.74, 6) is 5.39. The standard InChI is InChI=1S/C8H9N3Se/c1-11-6-4-2-3-5-7(6)12-8(11)10-9/h2-5H,9H2,1H3/p+1. The van der Waals surface area contributed by atoms with Crippen LogP contribution in [0.4, 0.5) is 4.69 Å². The molecule has 1 aromatic carbocycles. The molecule has 0 spiro atoms. The van der Waals surface area contributed by atoms with E-state index in [0.717, 1.165) is 4.69 Å². The van der Waals surface area contributed by atoms with E-state index in [0.29, 0.717) is 14.5 Å². The fourth-order valence-corrected chi connectivity index (χ4v) is 3.24. The zero-order chi connectivity index (χ0) is 8.55. The Labute approximate surface area is 76.5 Å². The van der Waals surface area contributed by atoms with Gasteiger partial charge in [0.05, 0.1) is 0 Å². The summed E-state index contributed by atoms with van der Waals surface area (Å²) in [6.45, 7) is 0. The van der Waals surface area contributed by atoms with Gasteiger partial charge in [-0.15, -0.1) is 0 Å². The van der Waals surface area contributed by atoms with Gasteiger partial charge in [0.25, 0.3) is 0 Å². The molecule has 0 saturated carbocycles. The van der Waals surface area contributed by atoms with Gasteiger partial charge >= 0.3 is 76.1 Å². The molecule has 3 N–H and O–H groups in total. The molecule has 0 unspecified atom stereocenters. The Morgan fingerprint density at radius 1 is 1.42 bits per heavy atom. The molecule has 0 saturated heterocycles. The first-order chi connectivity index (χ1) is 5.83. The van der Waals surface area contributed by atoms with Crippen molar-refractivity contribution in [3.8, 4) is 0 Å². The second kappa shape index (κ2) is 2.90. The summed E-state index contributed by atoms with van der Waals surface area (Å²) in [5, 5.41) is 0. The molecule has 2 aromatic rings. The number of nitrogens with zero attached hydrogens (tertiary/aromatic N) is 1. The first-order valence-corrected chi connectivity index (χ1v) is 5.38. The molecule has 0 bridgehead atoms. The molecule has 62 valence electrons. The maximum atomic E-state index is 5.39. The number of rotatable bonds is 1. The van der Waals surface area contributed by atoms with E-state index in [1.807, 2.05) is 13.1 Å². The molecular formula is C8H10N3Se+. The zero-order valence-electron chi connectivity index (χ0n) is 6.74. The van der Waals surface area contributed by atoms with Crippen molar-refractivity contribution in [2.24, 2.45) is 12.9 Å². The molecule has 0 aliphatic heterocycles. The maximum absolute atomic E-state index is 5.39. The number of nitrogen functional groups attached to an aromatic ring is 1. The topological polar surface area (TPSA) is 41.9 Å². The molecule has 1 heterocycles. The third kappa shape index (κ3) is 1.05. The van der Waals surface area contributed by atoms with E-state index < -0.39 is 0 Å². The first kappa shape index (κ1) is 7.80. The molecule has 2 rings (SSSR count). The number of hydrogen-bond acceptors (Lipinski definition) is 2. The molecule has 0 fully saturated rings. The third-order valence-electron chi connectivity index (χ3n) is 1.86. The monoisotopic (exact) mass is 228 g/mol. The average Bonchev–Trinajstić information content (AvgIpc) is 2.44. The van der Waals surface area contributed by atoms with E-state index in [9.17, 15) is 0 Å². The van der Waals surface area contributed by atoms with E-state index >= 15 is 0 Å².